The summed E-state index contributed by atoms with van der Waals surface area (Å²) in [4.78, 5) is 0. The summed E-state index contributed by atoms with van der Waals surface area (Å²) in [5.74, 6) is 0. The lowest BCUT2D eigenvalue weighted by atomic mass is 10.1. The van der Waals surface area contributed by atoms with Crippen LogP contribution in [-0.4, -0.2) is 38.6 Å². The molecule has 0 aromatic heterocycles. The minimum atomic E-state index is 0. The van der Waals surface area contributed by atoms with E-state index in [2.05, 4.69) is 20.8 Å². The van der Waals surface area contributed by atoms with Gasteiger partial charge in [0.2, 0.25) is 0 Å². The van der Waals surface area contributed by atoms with E-state index in [4.69, 9.17) is 0 Å². The first-order chi connectivity index (χ1) is 8.79. The zero-order chi connectivity index (χ0) is 13.3. The minimum Gasteiger partial charge on any atom is -1.00 e. The van der Waals surface area contributed by atoms with Crippen molar-refractivity contribution in [1.82, 2.24) is 0 Å². The maximum Gasteiger partial charge on any atom is 0.0890 e. The largest absolute Gasteiger partial charge is 1.00 e. The van der Waals surface area contributed by atoms with Gasteiger partial charge in [0.05, 0.1) is 25.7 Å². The first-order valence-electron chi connectivity index (χ1n) is 8.64. The molecule has 1 nitrogen and oxygen atoms in total. The van der Waals surface area contributed by atoms with Crippen LogP contribution in [0.3, 0.4) is 0 Å². The molecular formula is C17H36BN. The van der Waals surface area contributed by atoms with E-state index >= 15 is 0 Å². The normalized spacial score (nSPS) is 16.6. The lowest BCUT2D eigenvalue weighted by Gasteiger charge is -2.44. The Bertz CT molecular complexity index is 178. The number of unbranched alkanes of at least 4 members (excludes halogenated alkanes) is 3. The Hall–Kier alpha value is 0.0249. The van der Waals surface area contributed by atoms with Crippen molar-refractivity contribution >= 4 is 8.41 Å². The highest BCUT2D eigenvalue weighted by atomic mass is 15.4. The van der Waals surface area contributed by atoms with E-state index < -0.39 is 0 Å². The highest BCUT2D eigenvalue weighted by Crippen LogP contribution is 2.31. The van der Waals surface area contributed by atoms with Crippen molar-refractivity contribution in [2.24, 2.45) is 0 Å². The van der Waals surface area contributed by atoms with Crippen molar-refractivity contribution in [1.29, 1.82) is 0 Å². The first kappa shape index (κ1) is 19.0. The third-order valence-electron chi connectivity index (χ3n) is 4.97. The summed E-state index contributed by atoms with van der Waals surface area (Å²) in [6.07, 6.45) is 14.4. The van der Waals surface area contributed by atoms with Crippen molar-refractivity contribution in [3.63, 3.8) is 0 Å². The molecule has 1 aliphatic rings. The van der Waals surface area contributed by atoms with Gasteiger partial charge in [-0.1, -0.05) is 40.0 Å². The van der Waals surface area contributed by atoms with Crippen molar-refractivity contribution in [2.45, 2.75) is 91.0 Å². The van der Waals surface area contributed by atoms with E-state index in [1.54, 1.807) is 0 Å². The summed E-state index contributed by atoms with van der Waals surface area (Å²) >= 11 is 0. The van der Waals surface area contributed by atoms with Crippen molar-refractivity contribution in [3.05, 3.63) is 0 Å². The SMILES string of the molecule is CCCC[N+](CCCC)(CCCC)C1CCCC1.[B-]. The molecule has 0 aromatic rings. The van der Waals surface area contributed by atoms with Crippen LogP contribution >= 0.6 is 0 Å². The fourth-order valence-corrected chi connectivity index (χ4v) is 3.75. The number of hydrogen-bond donors (Lipinski definition) is 0. The molecule has 0 aliphatic heterocycles. The van der Waals surface area contributed by atoms with Gasteiger partial charge in [0.25, 0.3) is 0 Å². The Labute approximate surface area is 124 Å². The van der Waals surface area contributed by atoms with Gasteiger partial charge in [-0.15, -0.1) is 0 Å². The Morgan fingerprint density at radius 1 is 0.737 bits per heavy atom. The number of nitrogens with zero attached hydrogens (tertiary/aromatic N) is 1. The van der Waals surface area contributed by atoms with E-state index in [1.165, 1.54) is 88.3 Å². The van der Waals surface area contributed by atoms with Gasteiger partial charge in [0, 0.05) is 0 Å². The third kappa shape index (κ3) is 5.89. The third-order valence-corrected chi connectivity index (χ3v) is 4.97. The van der Waals surface area contributed by atoms with Crippen LogP contribution in [-0.2, 0) is 0 Å². The fraction of sp³-hybridized carbons (Fsp3) is 1.00. The van der Waals surface area contributed by atoms with Crippen molar-refractivity contribution in [3.8, 4) is 0 Å². The van der Waals surface area contributed by atoms with Gasteiger partial charge in [-0.25, -0.2) is 0 Å². The fourth-order valence-electron chi connectivity index (χ4n) is 3.75. The maximum atomic E-state index is 2.35. The monoisotopic (exact) mass is 265 g/mol. The molecule has 0 spiro atoms. The van der Waals surface area contributed by atoms with Gasteiger partial charge in [0.15, 0.2) is 0 Å². The van der Waals surface area contributed by atoms with Crippen LogP contribution in [0.2, 0.25) is 0 Å². The summed E-state index contributed by atoms with van der Waals surface area (Å²) in [6.45, 7) is 11.4. The molecule has 0 bridgehead atoms. The van der Waals surface area contributed by atoms with E-state index in [-0.39, 0.29) is 8.41 Å². The van der Waals surface area contributed by atoms with Crippen LogP contribution in [0, 0.1) is 0 Å². The van der Waals surface area contributed by atoms with Crippen LogP contribution < -0.4 is 0 Å². The van der Waals surface area contributed by atoms with Gasteiger partial charge in [-0.2, -0.15) is 0 Å². The van der Waals surface area contributed by atoms with E-state index in [9.17, 15) is 0 Å². The summed E-state index contributed by atoms with van der Waals surface area (Å²) in [6, 6.07) is 1.01. The molecule has 4 radical (unpaired) electrons. The van der Waals surface area contributed by atoms with E-state index in [0.717, 1.165) is 6.04 Å². The average molecular weight is 265 g/mol. The Balaban J connectivity index is 0.00000324. The molecule has 1 fully saturated rings. The van der Waals surface area contributed by atoms with Gasteiger partial charge >= 0.3 is 0 Å². The zero-order valence-corrected chi connectivity index (χ0v) is 13.8. The molecule has 1 saturated carbocycles. The molecule has 112 valence electrons. The number of quaternary nitrogens is 1. The van der Waals surface area contributed by atoms with E-state index in [0.29, 0.717) is 0 Å². The van der Waals surface area contributed by atoms with Crippen LogP contribution in [0.25, 0.3) is 0 Å². The molecule has 1 rings (SSSR count). The molecule has 2 heteroatoms. The van der Waals surface area contributed by atoms with Crippen molar-refractivity contribution in [2.75, 3.05) is 19.6 Å². The lowest BCUT2D eigenvalue weighted by molar-refractivity contribution is -0.951. The smallest absolute Gasteiger partial charge is 0.0890 e. The minimum absolute atomic E-state index is 0. The molecule has 0 amide bonds. The number of rotatable bonds is 10. The van der Waals surface area contributed by atoms with Gasteiger partial charge in [0.1, 0.15) is 0 Å². The molecular weight excluding hydrogens is 229 g/mol. The summed E-state index contributed by atoms with van der Waals surface area (Å²) in [7, 11) is 0. The molecule has 0 N–H and O–H groups in total. The maximum absolute atomic E-state index is 2.35. The second-order valence-corrected chi connectivity index (χ2v) is 6.39. The summed E-state index contributed by atoms with van der Waals surface area (Å²) in [5.41, 5.74) is 0. The Morgan fingerprint density at radius 2 is 1.11 bits per heavy atom. The molecule has 0 atom stereocenters. The predicted octanol–water partition coefficient (Wildman–Crippen LogP) is 4.77. The lowest BCUT2D eigenvalue weighted by Crippen LogP contribution is -2.56. The summed E-state index contributed by atoms with van der Waals surface area (Å²) in [5, 5.41) is 0. The molecule has 0 aromatic carbocycles. The second kappa shape index (κ2) is 10.8. The van der Waals surface area contributed by atoms with E-state index in [1.807, 2.05) is 0 Å². The highest BCUT2D eigenvalue weighted by Gasteiger charge is 2.36. The Kier molecular flexibility index (Phi) is 10.8. The topological polar surface area (TPSA) is 0 Å². The standard InChI is InChI=1S/C17H36N.B/c1-4-7-14-18(15-8-5-2,16-9-6-3)17-12-10-11-13-17;/h17H,4-16H2,1-3H3;/q+1;-1. The summed E-state index contributed by atoms with van der Waals surface area (Å²) < 4.78 is 1.48. The first-order valence-corrected chi connectivity index (χ1v) is 8.64. The van der Waals surface area contributed by atoms with Gasteiger partial charge < -0.3 is 12.9 Å². The highest BCUT2D eigenvalue weighted by molar-refractivity contribution is 5.75. The van der Waals surface area contributed by atoms with Crippen LogP contribution in [0.15, 0.2) is 0 Å². The van der Waals surface area contributed by atoms with Gasteiger partial charge in [-0.05, 0) is 44.9 Å². The van der Waals surface area contributed by atoms with Crippen LogP contribution in [0.4, 0.5) is 0 Å². The molecule has 0 heterocycles. The average Bonchev–Trinajstić information content (AvgIpc) is 2.93. The molecule has 19 heavy (non-hydrogen) atoms. The predicted molar refractivity (Wildman–Crippen MR) is 87.6 cm³/mol. The van der Waals surface area contributed by atoms with Crippen molar-refractivity contribution < 1.29 is 4.48 Å². The second-order valence-electron chi connectivity index (χ2n) is 6.39. The molecule has 1 aliphatic carbocycles. The quantitative estimate of drug-likeness (QED) is 0.394. The number of hydrogen-bond acceptors (Lipinski definition) is 0. The van der Waals surface area contributed by atoms with Gasteiger partial charge in [-0.3, -0.25) is 0 Å². The zero-order valence-electron chi connectivity index (χ0n) is 13.8. The van der Waals surface area contributed by atoms with Crippen LogP contribution in [0.5, 0.6) is 0 Å². The molecule has 0 unspecified atom stereocenters. The molecule has 0 saturated heterocycles. The Morgan fingerprint density at radius 3 is 1.42 bits per heavy atom. The van der Waals surface area contributed by atoms with Crippen LogP contribution in [0.1, 0.15) is 85.0 Å².